The Morgan fingerprint density at radius 2 is 1.89 bits per heavy atom. The first kappa shape index (κ1) is 23.5. The Labute approximate surface area is 204 Å². The maximum Gasteiger partial charge on any atom is 0.422 e. The zero-order valence-electron chi connectivity index (χ0n) is 19.0. The number of hydrogen-bond donors (Lipinski definition) is 2. The van der Waals surface area contributed by atoms with E-state index >= 15 is 0 Å². The van der Waals surface area contributed by atoms with Crippen LogP contribution in [0.1, 0.15) is 17.2 Å². The molecule has 1 saturated heterocycles. The normalized spacial score (nSPS) is 16.9. The highest BCUT2D eigenvalue weighted by atomic mass is 19.4. The van der Waals surface area contributed by atoms with E-state index in [0.717, 1.165) is 22.5 Å². The van der Waals surface area contributed by atoms with Crippen LogP contribution < -0.4 is 15.4 Å². The molecule has 2 unspecified atom stereocenters. The molecule has 1 aliphatic rings. The molecule has 2 atom stereocenters. The topological polar surface area (TPSA) is 97.4 Å². The lowest BCUT2D eigenvalue weighted by atomic mass is 10.1. The molecule has 0 radical (unpaired) electrons. The summed E-state index contributed by atoms with van der Waals surface area (Å²) in [6.45, 7) is 0.621. The van der Waals surface area contributed by atoms with Gasteiger partial charge in [0.05, 0.1) is 11.9 Å². The van der Waals surface area contributed by atoms with E-state index in [1.165, 1.54) is 6.07 Å². The maximum atomic E-state index is 12.4. The van der Waals surface area contributed by atoms with Crippen LogP contribution in [0.2, 0.25) is 0 Å². The van der Waals surface area contributed by atoms with Crippen LogP contribution in [0.4, 0.5) is 30.5 Å². The highest BCUT2D eigenvalue weighted by molar-refractivity contribution is 5.66. The lowest BCUT2D eigenvalue weighted by molar-refractivity contribution is -0.153. The number of nitrogens with one attached hydrogen (secondary N) is 2. The van der Waals surface area contributed by atoms with Crippen molar-refractivity contribution >= 4 is 17.3 Å². The third kappa shape index (κ3) is 5.87. The van der Waals surface area contributed by atoms with E-state index in [0.29, 0.717) is 17.3 Å². The molecule has 0 spiro atoms. The van der Waals surface area contributed by atoms with Crippen molar-refractivity contribution in [1.82, 2.24) is 19.9 Å². The molecule has 3 heterocycles. The highest BCUT2D eigenvalue weighted by Gasteiger charge is 2.40. The van der Waals surface area contributed by atoms with E-state index in [1.54, 1.807) is 49.1 Å². The minimum Gasteiger partial charge on any atom is -0.484 e. The summed E-state index contributed by atoms with van der Waals surface area (Å²) in [6.07, 6.45) is 1.45. The van der Waals surface area contributed by atoms with Crippen LogP contribution in [0, 0.1) is 6.92 Å². The van der Waals surface area contributed by atoms with Gasteiger partial charge in [-0.2, -0.15) is 13.2 Å². The molecule has 2 aromatic carbocycles. The highest BCUT2D eigenvalue weighted by Crippen LogP contribution is 2.40. The predicted molar refractivity (Wildman–Crippen MR) is 127 cm³/mol. The number of epoxide rings is 1. The lowest BCUT2D eigenvalue weighted by Crippen LogP contribution is -2.19. The second-order valence-electron chi connectivity index (χ2n) is 8.11. The number of aryl methyl sites for hydroxylation is 1. The number of nitrogens with zero attached hydrogens (tertiary/aromatic N) is 4. The van der Waals surface area contributed by atoms with E-state index < -0.39 is 12.8 Å². The molecule has 2 N–H and O–H groups in total. The van der Waals surface area contributed by atoms with Crippen LogP contribution in [0.5, 0.6) is 5.75 Å². The monoisotopic (exact) mass is 494 g/mol. The molecule has 4 aromatic rings. The minimum absolute atomic E-state index is 0.143. The van der Waals surface area contributed by atoms with Crippen molar-refractivity contribution in [2.45, 2.75) is 25.4 Å². The predicted octanol–water partition coefficient (Wildman–Crippen LogP) is 5.44. The van der Waals surface area contributed by atoms with E-state index in [9.17, 15) is 13.2 Å². The van der Waals surface area contributed by atoms with Crippen LogP contribution in [-0.4, -0.2) is 38.9 Å². The van der Waals surface area contributed by atoms with E-state index in [1.807, 2.05) is 25.1 Å². The van der Waals surface area contributed by atoms with Crippen LogP contribution in [0.3, 0.4) is 0 Å². The number of hydrogen-bond acceptors (Lipinski definition) is 8. The average Bonchev–Trinajstić information content (AvgIpc) is 3.64. The fraction of sp³-hybridized carbons (Fsp3) is 0.200. The van der Waals surface area contributed by atoms with E-state index in [2.05, 4.69) is 30.6 Å². The fourth-order valence-corrected chi connectivity index (χ4v) is 3.55. The van der Waals surface area contributed by atoms with Gasteiger partial charge in [0.15, 0.2) is 12.8 Å². The van der Waals surface area contributed by atoms with E-state index in [-0.39, 0.29) is 18.1 Å². The SMILES string of the molecule is Cc1ccc(NC2OC2c2cccc(OCC(F)(F)F)c2)cc1Nc1nccc(-c2cnccn2)n1. The number of benzene rings is 2. The number of aromatic nitrogens is 4. The molecule has 0 saturated carbocycles. The van der Waals surface area contributed by atoms with E-state index in [4.69, 9.17) is 9.47 Å². The van der Waals surface area contributed by atoms with Gasteiger partial charge < -0.3 is 20.1 Å². The van der Waals surface area contributed by atoms with Crippen LogP contribution >= 0.6 is 0 Å². The Morgan fingerprint density at radius 1 is 1.00 bits per heavy atom. The van der Waals surface area contributed by atoms with Crippen LogP contribution in [0.25, 0.3) is 11.4 Å². The third-order valence-corrected chi connectivity index (χ3v) is 5.35. The van der Waals surface area contributed by atoms with Crippen molar-refractivity contribution < 1.29 is 22.6 Å². The van der Waals surface area contributed by atoms with Gasteiger partial charge in [0.2, 0.25) is 5.95 Å². The van der Waals surface area contributed by atoms with Gasteiger partial charge in [-0.3, -0.25) is 9.97 Å². The second-order valence-corrected chi connectivity index (χ2v) is 8.11. The van der Waals surface area contributed by atoms with Gasteiger partial charge in [-0.15, -0.1) is 0 Å². The van der Waals surface area contributed by atoms with Gasteiger partial charge in [-0.05, 0) is 48.4 Å². The molecule has 5 rings (SSSR count). The largest absolute Gasteiger partial charge is 0.484 e. The molecule has 0 bridgehead atoms. The summed E-state index contributed by atoms with van der Waals surface area (Å²) in [7, 11) is 0. The lowest BCUT2D eigenvalue weighted by Gasteiger charge is -2.12. The van der Waals surface area contributed by atoms with Gasteiger partial charge in [0.25, 0.3) is 0 Å². The zero-order valence-corrected chi connectivity index (χ0v) is 19.0. The second kappa shape index (κ2) is 9.78. The Balaban J connectivity index is 1.25. The van der Waals surface area contributed by atoms with Crippen molar-refractivity contribution in [3.8, 4) is 17.1 Å². The van der Waals surface area contributed by atoms with Gasteiger partial charge in [-0.1, -0.05) is 18.2 Å². The summed E-state index contributed by atoms with van der Waals surface area (Å²) >= 11 is 0. The quantitative estimate of drug-likeness (QED) is 0.313. The van der Waals surface area contributed by atoms with Gasteiger partial charge in [-0.25, -0.2) is 9.97 Å². The van der Waals surface area contributed by atoms with Gasteiger partial charge in [0, 0.05) is 30.0 Å². The Kier molecular flexibility index (Phi) is 6.38. The van der Waals surface area contributed by atoms with Gasteiger partial charge >= 0.3 is 6.18 Å². The number of alkyl halides is 3. The molecular weight excluding hydrogens is 473 g/mol. The molecule has 0 amide bonds. The van der Waals surface area contributed by atoms with Crippen LogP contribution in [0.15, 0.2) is 73.3 Å². The first-order chi connectivity index (χ1) is 17.3. The number of rotatable bonds is 8. The molecule has 184 valence electrons. The smallest absolute Gasteiger partial charge is 0.422 e. The Hall–Kier alpha value is -4.25. The summed E-state index contributed by atoms with van der Waals surface area (Å²) in [5, 5.41) is 6.52. The number of anilines is 3. The van der Waals surface area contributed by atoms with Gasteiger partial charge in [0.1, 0.15) is 17.5 Å². The van der Waals surface area contributed by atoms with Crippen LogP contribution in [-0.2, 0) is 4.74 Å². The maximum absolute atomic E-state index is 12.4. The first-order valence-electron chi connectivity index (χ1n) is 11.0. The molecule has 11 heteroatoms. The van der Waals surface area contributed by atoms with Crippen molar-refractivity contribution in [3.05, 3.63) is 84.4 Å². The molecule has 2 aromatic heterocycles. The molecule has 8 nitrogen and oxygen atoms in total. The first-order valence-corrected chi connectivity index (χ1v) is 11.0. The summed E-state index contributed by atoms with van der Waals surface area (Å²) in [6, 6.07) is 14.0. The zero-order chi connectivity index (χ0) is 25.1. The number of halogens is 3. The standard InChI is InChI=1S/C25H21F3N6O2/c1-15-5-6-17(12-20(15)34-24-31-8-7-19(33-24)21-13-29-9-10-30-21)32-23-22(36-23)16-3-2-4-18(11-16)35-14-25(26,27)28/h2-13,22-23,32H,14H2,1H3,(H,31,33,34). The summed E-state index contributed by atoms with van der Waals surface area (Å²) in [4.78, 5) is 17.2. The van der Waals surface area contributed by atoms with Crippen molar-refractivity contribution in [2.24, 2.45) is 0 Å². The minimum atomic E-state index is -4.39. The summed E-state index contributed by atoms with van der Waals surface area (Å²) in [5.41, 5.74) is 4.59. The molecule has 36 heavy (non-hydrogen) atoms. The van der Waals surface area contributed by atoms with Crippen molar-refractivity contribution in [3.63, 3.8) is 0 Å². The molecule has 1 fully saturated rings. The molecule has 1 aliphatic heterocycles. The molecular formula is C25H21F3N6O2. The average molecular weight is 494 g/mol. The number of ether oxygens (including phenoxy) is 2. The fourth-order valence-electron chi connectivity index (χ4n) is 3.55. The Bertz CT molecular complexity index is 1350. The summed E-state index contributed by atoms with van der Waals surface area (Å²) < 4.78 is 47.9. The Morgan fingerprint density at radius 3 is 2.69 bits per heavy atom. The van der Waals surface area contributed by atoms with Crippen molar-refractivity contribution in [2.75, 3.05) is 17.2 Å². The third-order valence-electron chi connectivity index (χ3n) is 5.35. The summed E-state index contributed by atoms with van der Waals surface area (Å²) in [5.74, 6) is 0.555. The molecule has 0 aliphatic carbocycles. The van der Waals surface area contributed by atoms with Crippen molar-refractivity contribution in [1.29, 1.82) is 0 Å².